The molecule has 0 spiro atoms. The molecule has 0 saturated heterocycles. The van der Waals surface area contributed by atoms with Crippen molar-refractivity contribution >= 4 is 27.5 Å². The molecule has 0 saturated carbocycles. The van der Waals surface area contributed by atoms with Crippen LogP contribution in [0.15, 0.2) is 69.6 Å². The molecule has 2 aromatic carbocycles. The molecular weight excluding hydrogens is 374 g/mol. The number of rotatable bonds is 5. The van der Waals surface area contributed by atoms with E-state index in [9.17, 15) is 0 Å². The molecule has 3 rings (SSSR count). The Morgan fingerprint density at radius 1 is 1.09 bits per heavy atom. The number of furan rings is 1. The van der Waals surface area contributed by atoms with Crippen LogP contribution in [0.3, 0.4) is 0 Å². The van der Waals surface area contributed by atoms with Crippen LogP contribution in [0.1, 0.15) is 24.3 Å². The fourth-order valence-electron chi connectivity index (χ4n) is 2.42. The second kappa shape index (κ2) is 7.35. The number of nitrogens with one attached hydrogen (secondary N) is 1. The minimum absolute atomic E-state index is 0.265. The van der Waals surface area contributed by atoms with Gasteiger partial charge in [0.1, 0.15) is 11.5 Å². The highest BCUT2D eigenvalue weighted by molar-refractivity contribution is 9.10. The van der Waals surface area contributed by atoms with Crippen LogP contribution >= 0.6 is 27.5 Å². The number of benzene rings is 2. The van der Waals surface area contributed by atoms with Crippen LogP contribution in [0.25, 0.3) is 11.3 Å². The summed E-state index contributed by atoms with van der Waals surface area (Å²) in [5, 5.41) is 4.14. The summed E-state index contributed by atoms with van der Waals surface area (Å²) in [5.41, 5.74) is 2.16. The molecule has 23 heavy (non-hydrogen) atoms. The standard InChI is InChI=1S/C19H17BrClNO/c1-13(14-5-3-2-4-6-14)22-12-16-8-10-19(23-16)17-9-7-15(20)11-18(17)21/h2-11,13,22H,12H2,1H3/t13-/m0/s1. The van der Waals surface area contributed by atoms with Gasteiger partial charge in [0.15, 0.2) is 0 Å². The molecule has 2 nitrogen and oxygen atoms in total. The lowest BCUT2D eigenvalue weighted by atomic mass is 10.1. The third-order valence-electron chi connectivity index (χ3n) is 3.74. The number of halogens is 2. The van der Waals surface area contributed by atoms with E-state index < -0.39 is 0 Å². The van der Waals surface area contributed by atoms with Crippen molar-refractivity contribution in [1.29, 1.82) is 0 Å². The maximum atomic E-state index is 6.28. The Balaban J connectivity index is 1.68. The van der Waals surface area contributed by atoms with Crippen molar-refractivity contribution in [2.45, 2.75) is 19.5 Å². The topological polar surface area (TPSA) is 25.2 Å². The molecule has 118 valence electrons. The zero-order chi connectivity index (χ0) is 16.2. The Morgan fingerprint density at radius 2 is 1.87 bits per heavy atom. The highest BCUT2D eigenvalue weighted by Gasteiger charge is 2.10. The van der Waals surface area contributed by atoms with E-state index in [-0.39, 0.29) is 6.04 Å². The van der Waals surface area contributed by atoms with E-state index >= 15 is 0 Å². The van der Waals surface area contributed by atoms with Crippen molar-refractivity contribution in [3.63, 3.8) is 0 Å². The fraction of sp³-hybridized carbons (Fsp3) is 0.158. The fourth-order valence-corrected chi connectivity index (χ4v) is 3.19. The van der Waals surface area contributed by atoms with E-state index in [1.165, 1.54) is 5.56 Å². The van der Waals surface area contributed by atoms with Gasteiger partial charge in [0.25, 0.3) is 0 Å². The lowest BCUT2D eigenvalue weighted by Crippen LogP contribution is -2.17. The van der Waals surface area contributed by atoms with Crippen LogP contribution in [0.4, 0.5) is 0 Å². The lowest BCUT2D eigenvalue weighted by Gasteiger charge is -2.13. The molecule has 1 N–H and O–H groups in total. The van der Waals surface area contributed by atoms with Gasteiger partial charge < -0.3 is 9.73 Å². The Labute approximate surface area is 149 Å². The first-order valence-corrected chi connectivity index (χ1v) is 8.63. The van der Waals surface area contributed by atoms with Gasteiger partial charge >= 0.3 is 0 Å². The molecule has 0 aliphatic heterocycles. The zero-order valence-electron chi connectivity index (χ0n) is 12.7. The van der Waals surface area contributed by atoms with Gasteiger partial charge in [0.2, 0.25) is 0 Å². The highest BCUT2D eigenvalue weighted by atomic mass is 79.9. The summed E-state index contributed by atoms with van der Waals surface area (Å²) in [4.78, 5) is 0. The average Bonchev–Trinajstić information content (AvgIpc) is 3.02. The van der Waals surface area contributed by atoms with E-state index in [2.05, 4.69) is 40.3 Å². The summed E-state index contributed by atoms with van der Waals surface area (Å²) in [6, 6.07) is 20.3. The summed E-state index contributed by atoms with van der Waals surface area (Å²) in [6.07, 6.45) is 0. The van der Waals surface area contributed by atoms with E-state index in [1.54, 1.807) is 0 Å². The molecule has 0 bridgehead atoms. The highest BCUT2D eigenvalue weighted by Crippen LogP contribution is 2.31. The summed E-state index contributed by atoms with van der Waals surface area (Å²) < 4.78 is 6.87. The Kier molecular flexibility index (Phi) is 5.21. The Hall–Kier alpha value is -1.55. The molecule has 1 heterocycles. The maximum Gasteiger partial charge on any atom is 0.135 e. The molecule has 0 aliphatic carbocycles. The van der Waals surface area contributed by atoms with Crippen LogP contribution in [-0.2, 0) is 6.54 Å². The zero-order valence-corrected chi connectivity index (χ0v) is 15.1. The minimum Gasteiger partial charge on any atom is -0.460 e. The normalized spacial score (nSPS) is 12.3. The molecule has 0 fully saturated rings. The second-order valence-corrected chi connectivity index (χ2v) is 6.73. The maximum absolute atomic E-state index is 6.28. The van der Waals surface area contributed by atoms with Gasteiger partial charge in [-0.1, -0.05) is 57.9 Å². The monoisotopic (exact) mass is 389 g/mol. The largest absolute Gasteiger partial charge is 0.460 e. The molecule has 3 aromatic rings. The smallest absolute Gasteiger partial charge is 0.135 e. The van der Waals surface area contributed by atoms with Crippen molar-refractivity contribution < 1.29 is 4.42 Å². The van der Waals surface area contributed by atoms with Crippen molar-refractivity contribution in [2.75, 3.05) is 0 Å². The third-order valence-corrected chi connectivity index (χ3v) is 4.55. The Morgan fingerprint density at radius 3 is 2.61 bits per heavy atom. The predicted octanol–water partition coefficient (Wildman–Crippen LogP) is 6.21. The summed E-state index contributed by atoms with van der Waals surface area (Å²) in [5.74, 6) is 1.67. The van der Waals surface area contributed by atoms with Gasteiger partial charge in [0, 0.05) is 16.1 Å². The SMILES string of the molecule is C[C@H](NCc1ccc(-c2ccc(Br)cc2Cl)o1)c1ccccc1. The molecule has 0 radical (unpaired) electrons. The van der Waals surface area contributed by atoms with Crippen LogP contribution in [0.2, 0.25) is 5.02 Å². The van der Waals surface area contributed by atoms with Crippen LogP contribution in [0, 0.1) is 0 Å². The van der Waals surface area contributed by atoms with Gasteiger partial charge in [-0.25, -0.2) is 0 Å². The third kappa shape index (κ3) is 4.05. The van der Waals surface area contributed by atoms with E-state index in [4.69, 9.17) is 16.0 Å². The van der Waals surface area contributed by atoms with E-state index in [0.717, 1.165) is 21.6 Å². The predicted molar refractivity (Wildman–Crippen MR) is 98.6 cm³/mol. The first kappa shape index (κ1) is 16.3. The van der Waals surface area contributed by atoms with Gasteiger partial charge in [0.05, 0.1) is 11.6 Å². The summed E-state index contributed by atoms with van der Waals surface area (Å²) in [6.45, 7) is 2.81. The molecule has 1 atom stereocenters. The van der Waals surface area contributed by atoms with Gasteiger partial charge in [-0.15, -0.1) is 0 Å². The molecule has 0 amide bonds. The summed E-state index contributed by atoms with van der Waals surface area (Å²) >= 11 is 9.69. The van der Waals surface area contributed by atoms with Crippen molar-refractivity contribution in [3.05, 3.63) is 81.5 Å². The number of hydrogen-bond donors (Lipinski definition) is 1. The molecule has 4 heteroatoms. The molecule has 1 aromatic heterocycles. The van der Waals surface area contributed by atoms with Crippen molar-refractivity contribution in [1.82, 2.24) is 5.32 Å². The van der Waals surface area contributed by atoms with Crippen LogP contribution < -0.4 is 5.32 Å². The average molecular weight is 391 g/mol. The molecule has 0 aliphatic rings. The van der Waals surface area contributed by atoms with Crippen LogP contribution in [-0.4, -0.2) is 0 Å². The van der Waals surface area contributed by atoms with Crippen molar-refractivity contribution in [2.24, 2.45) is 0 Å². The lowest BCUT2D eigenvalue weighted by molar-refractivity contribution is 0.468. The van der Waals surface area contributed by atoms with Crippen LogP contribution in [0.5, 0.6) is 0 Å². The first-order chi connectivity index (χ1) is 11.1. The second-order valence-electron chi connectivity index (χ2n) is 5.40. The molecule has 0 unspecified atom stereocenters. The minimum atomic E-state index is 0.265. The number of hydrogen-bond acceptors (Lipinski definition) is 2. The van der Waals surface area contributed by atoms with Gasteiger partial charge in [-0.05, 0) is 42.8 Å². The Bertz CT molecular complexity index is 785. The van der Waals surface area contributed by atoms with Gasteiger partial charge in [-0.2, -0.15) is 0 Å². The van der Waals surface area contributed by atoms with Gasteiger partial charge in [-0.3, -0.25) is 0 Å². The molecular formula is C19H17BrClNO. The first-order valence-electron chi connectivity index (χ1n) is 7.46. The van der Waals surface area contributed by atoms with E-state index in [1.807, 2.05) is 48.5 Å². The van der Waals surface area contributed by atoms with Crippen molar-refractivity contribution in [3.8, 4) is 11.3 Å². The van der Waals surface area contributed by atoms with E-state index in [0.29, 0.717) is 11.6 Å². The summed E-state index contributed by atoms with van der Waals surface area (Å²) in [7, 11) is 0. The quantitative estimate of drug-likeness (QED) is 0.560.